The lowest BCUT2D eigenvalue weighted by Crippen LogP contribution is -2.17. The normalized spacial score (nSPS) is 10.9. The number of nitrogens with zero attached hydrogens (tertiary/aromatic N) is 1. The Morgan fingerprint density at radius 3 is 2.77 bits per heavy atom. The molecule has 0 unspecified atom stereocenters. The summed E-state index contributed by atoms with van der Waals surface area (Å²) in [5, 5.41) is 9.49. The molecule has 5 nitrogen and oxygen atoms in total. The number of hydrogen-bond donors (Lipinski definition) is 1. The molecule has 0 aliphatic heterocycles. The van der Waals surface area contributed by atoms with Gasteiger partial charge in [0.25, 0.3) is 0 Å². The Bertz CT molecular complexity index is 808. The summed E-state index contributed by atoms with van der Waals surface area (Å²) in [6, 6.07) is 10.1. The van der Waals surface area contributed by atoms with Crippen LogP contribution in [0, 0.1) is 13.8 Å². The maximum Gasteiger partial charge on any atom is 0.161 e. The fraction of sp³-hybridized carbons (Fsp3) is 0.350. The van der Waals surface area contributed by atoms with Gasteiger partial charge in [-0.25, -0.2) is 0 Å². The van der Waals surface area contributed by atoms with Crippen molar-refractivity contribution in [1.82, 2.24) is 10.5 Å². The van der Waals surface area contributed by atoms with Crippen molar-refractivity contribution >= 4 is 11.3 Å². The van der Waals surface area contributed by atoms with Gasteiger partial charge in [-0.05, 0) is 56.0 Å². The quantitative estimate of drug-likeness (QED) is 0.568. The summed E-state index contributed by atoms with van der Waals surface area (Å²) < 4.78 is 16.6. The van der Waals surface area contributed by atoms with Gasteiger partial charge in [0.05, 0.1) is 12.8 Å². The van der Waals surface area contributed by atoms with Crippen molar-refractivity contribution in [2.75, 3.05) is 13.7 Å². The Hall–Kier alpha value is -2.31. The van der Waals surface area contributed by atoms with Crippen molar-refractivity contribution in [3.63, 3.8) is 0 Å². The van der Waals surface area contributed by atoms with Crippen LogP contribution in [0.25, 0.3) is 0 Å². The Kier molecular flexibility index (Phi) is 6.30. The zero-order valence-corrected chi connectivity index (χ0v) is 16.2. The van der Waals surface area contributed by atoms with Gasteiger partial charge in [0.2, 0.25) is 0 Å². The molecule has 0 saturated carbocycles. The second-order valence-corrected chi connectivity index (χ2v) is 7.11. The molecule has 1 N–H and O–H groups in total. The summed E-state index contributed by atoms with van der Waals surface area (Å²) >= 11 is 1.69. The summed E-state index contributed by atoms with van der Waals surface area (Å²) in [4.78, 5) is 1.19. The van der Waals surface area contributed by atoms with Crippen LogP contribution in [0.4, 0.5) is 0 Å². The van der Waals surface area contributed by atoms with Crippen LogP contribution in [0.1, 0.15) is 27.5 Å². The highest BCUT2D eigenvalue weighted by Gasteiger charge is 2.09. The molecule has 0 aliphatic carbocycles. The van der Waals surface area contributed by atoms with E-state index in [2.05, 4.69) is 22.6 Å². The molecule has 0 bridgehead atoms. The summed E-state index contributed by atoms with van der Waals surface area (Å²) in [6.45, 7) is 6.12. The number of benzene rings is 1. The van der Waals surface area contributed by atoms with Crippen LogP contribution in [-0.4, -0.2) is 18.8 Å². The molecule has 0 amide bonds. The van der Waals surface area contributed by atoms with Gasteiger partial charge >= 0.3 is 0 Å². The third-order valence-corrected chi connectivity index (χ3v) is 5.09. The number of hydrogen-bond acceptors (Lipinski definition) is 6. The number of ether oxygens (including phenoxy) is 2. The van der Waals surface area contributed by atoms with Crippen molar-refractivity contribution in [1.29, 1.82) is 0 Å². The van der Waals surface area contributed by atoms with Gasteiger partial charge < -0.3 is 19.3 Å². The molecule has 3 rings (SSSR count). The van der Waals surface area contributed by atoms with Crippen molar-refractivity contribution in [3.8, 4) is 11.5 Å². The molecule has 0 radical (unpaired) electrons. The highest BCUT2D eigenvalue weighted by Crippen LogP contribution is 2.29. The molecule has 2 aromatic heterocycles. The molecule has 0 aliphatic rings. The van der Waals surface area contributed by atoms with Gasteiger partial charge in [0.1, 0.15) is 12.4 Å². The van der Waals surface area contributed by atoms with E-state index in [0.717, 1.165) is 48.0 Å². The molecular formula is C20H24N2O3S. The van der Waals surface area contributed by atoms with Crippen LogP contribution >= 0.6 is 11.3 Å². The van der Waals surface area contributed by atoms with E-state index in [4.69, 9.17) is 14.0 Å². The minimum Gasteiger partial charge on any atom is -0.493 e. The standard InChI is InChI=1S/C20H24N2O3S/c1-14-18(15(2)25-22-14)8-9-21-12-16-6-7-19(20(11-16)23-3)24-13-17-5-4-10-26-17/h4-7,10-11,21H,8-9,12-13H2,1-3H3. The van der Waals surface area contributed by atoms with E-state index in [1.165, 1.54) is 10.4 Å². The van der Waals surface area contributed by atoms with Gasteiger partial charge in [-0.3, -0.25) is 0 Å². The van der Waals surface area contributed by atoms with E-state index in [1.807, 2.05) is 37.4 Å². The number of aromatic nitrogens is 1. The molecule has 1 aromatic carbocycles. The SMILES string of the molecule is COc1cc(CNCCc2c(C)noc2C)ccc1OCc1cccs1. The maximum atomic E-state index is 5.88. The van der Waals surface area contributed by atoms with Gasteiger partial charge in [-0.15, -0.1) is 11.3 Å². The highest BCUT2D eigenvalue weighted by atomic mass is 32.1. The van der Waals surface area contributed by atoms with Gasteiger partial charge in [0, 0.05) is 17.0 Å². The Balaban J connectivity index is 1.52. The highest BCUT2D eigenvalue weighted by molar-refractivity contribution is 7.09. The largest absolute Gasteiger partial charge is 0.493 e. The molecule has 0 spiro atoms. The second kappa shape index (κ2) is 8.87. The Morgan fingerprint density at radius 1 is 1.19 bits per heavy atom. The predicted octanol–water partition coefficient (Wildman–Crippen LogP) is 4.27. The number of rotatable bonds is 9. The zero-order valence-electron chi connectivity index (χ0n) is 15.4. The number of nitrogens with one attached hydrogen (secondary N) is 1. The minimum atomic E-state index is 0.559. The third-order valence-electron chi connectivity index (χ3n) is 4.24. The fourth-order valence-electron chi connectivity index (χ4n) is 2.79. The monoisotopic (exact) mass is 372 g/mol. The molecular weight excluding hydrogens is 348 g/mol. The number of methoxy groups -OCH3 is 1. The summed E-state index contributed by atoms with van der Waals surface area (Å²) in [5.74, 6) is 2.42. The van der Waals surface area contributed by atoms with Crippen molar-refractivity contribution in [2.45, 2.75) is 33.4 Å². The lowest BCUT2D eigenvalue weighted by atomic mass is 10.1. The van der Waals surface area contributed by atoms with Gasteiger partial charge in [-0.2, -0.15) is 0 Å². The molecule has 0 atom stereocenters. The molecule has 138 valence electrons. The van der Waals surface area contributed by atoms with E-state index < -0.39 is 0 Å². The van der Waals surface area contributed by atoms with Crippen LogP contribution in [-0.2, 0) is 19.6 Å². The Morgan fingerprint density at radius 2 is 2.08 bits per heavy atom. The first kappa shape index (κ1) is 18.5. The lowest BCUT2D eigenvalue weighted by Gasteiger charge is -2.12. The predicted molar refractivity (Wildman–Crippen MR) is 103 cm³/mol. The van der Waals surface area contributed by atoms with Crippen molar-refractivity contribution < 1.29 is 14.0 Å². The van der Waals surface area contributed by atoms with Crippen LogP contribution < -0.4 is 14.8 Å². The lowest BCUT2D eigenvalue weighted by molar-refractivity contribution is 0.287. The second-order valence-electron chi connectivity index (χ2n) is 6.08. The number of thiophene rings is 1. The number of aryl methyl sites for hydroxylation is 2. The smallest absolute Gasteiger partial charge is 0.161 e. The van der Waals surface area contributed by atoms with E-state index in [0.29, 0.717) is 6.61 Å². The maximum absolute atomic E-state index is 5.88. The van der Waals surface area contributed by atoms with Crippen molar-refractivity contribution in [2.24, 2.45) is 0 Å². The van der Waals surface area contributed by atoms with Crippen LogP contribution in [0.3, 0.4) is 0 Å². The van der Waals surface area contributed by atoms with Crippen molar-refractivity contribution in [3.05, 3.63) is 63.2 Å². The summed E-state index contributed by atoms with van der Waals surface area (Å²) in [5.41, 5.74) is 3.31. The Labute approximate surface area is 157 Å². The summed E-state index contributed by atoms with van der Waals surface area (Å²) in [6.07, 6.45) is 0.903. The third kappa shape index (κ3) is 4.65. The van der Waals surface area contributed by atoms with Crippen LogP contribution in [0.2, 0.25) is 0 Å². The summed E-state index contributed by atoms with van der Waals surface area (Å²) in [7, 11) is 1.67. The zero-order chi connectivity index (χ0) is 18.4. The molecule has 2 heterocycles. The molecule has 0 saturated heterocycles. The average Bonchev–Trinajstić information content (AvgIpc) is 3.28. The van der Waals surface area contributed by atoms with Gasteiger partial charge in [-0.1, -0.05) is 17.3 Å². The van der Waals surface area contributed by atoms with Crippen LogP contribution in [0.15, 0.2) is 40.2 Å². The molecule has 26 heavy (non-hydrogen) atoms. The van der Waals surface area contributed by atoms with E-state index in [9.17, 15) is 0 Å². The minimum absolute atomic E-state index is 0.559. The topological polar surface area (TPSA) is 56.5 Å². The molecule has 3 aromatic rings. The van der Waals surface area contributed by atoms with E-state index in [1.54, 1.807) is 18.4 Å². The first-order chi connectivity index (χ1) is 12.7. The fourth-order valence-corrected chi connectivity index (χ4v) is 3.41. The van der Waals surface area contributed by atoms with E-state index >= 15 is 0 Å². The average molecular weight is 372 g/mol. The first-order valence-electron chi connectivity index (χ1n) is 8.62. The molecule has 0 fully saturated rings. The van der Waals surface area contributed by atoms with Gasteiger partial charge in [0.15, 0.2) is 11.5 Å². The van der Waals surface area contributed by atoms with Crippen LogP contribution in [0.5, 0.6) is 11.5 Å². The first-order valence-corrected chi connectivity index (χ1v) is 9.50. The van der Waals surface area contributed by atoms with E-state index in [-0.39, 0.29) is 0 Å². The molecule has 6 heteroatoms.